The van der Waals surface area contributed by atoms with E-state index in [0.29, 0.717) is 21.6 Å². The Balaban J connectivity index is 1.85. The fourth-order valence-corrected chi connectivity index (χ4v) is 2.92. The van der Waals surface area contributed by atoms with Crippen LogP contribution in [-0.2, 0) is 17.9 Å². The number of benzene rings is 2. The maximum atomic E-state index is 12.3. The lowest BCUT2D eigenvalue weighted by Gasteiger charge is -2.09. The second kappa shape index (κ2) is 6.58. The zero-order valence-electron chi connectivity index (χ0n) is 12.0. The van der Waals surface area contributed by atoms with Crippen molar-refractivity contribution in [3.8, 4) is 0 Å². The standard InChI is InChI=1S/C16H13Cl2N3O2/c17-10-5-11(18)7-12(6-10)19-16(23)8-21-14-4-2-1-3-13(14)20-15(21)9-22/h1-7,22H,8-9H2,(H,19,23). The first-order valence-electron chi connectivity index (χ1n) is 6.88. The van der Waals surface area contributed by atoms with Gasteiger partial charge in [-0.2, -0.15) is 0 Å². The van der Waals surface area contributed by atoms with Crippen molar-refractivity contribution in [1.82, 2.24) is 9.55 Å². The number of nitrogens with one attached hydrogen (secondary N) is 1. The molecule has 0 radical (unpaired) electrons. The van der Waals surface area contributed by atoms with E-state index in [0.717, 1.165) is 11.0 Å². The summed E-state index contributed by atoms with van der Waals surface area (Å²) in [5, 5.41) is 13.1. The number of carbonyl (C=O) groups excluding carboxylic acids is 1. The molecule has 0 spiro atoms. The fourth-order valence-electron chi connectivity index (χ4n) is 2.39. The van der Waals surface area contributed by atoms with Crippen molar-refractivity contribution in [3.05, 3.63) is 58.3 Å². The Bertz CT molecular complexity index is 857. The van der Waals surface area contributed by atoms with Gasteiger partial charge in [0.1, 0.15) is 19.0 Å². The molecule has 3 aromatic rings. The summed E-state index contributed by atoms with van der Waals surface area (Å²) < 4.78 is 1.68. The highest BCUT2D eigenvalue weighted by Crippen LogP contribution is 2.23. The van der Waals surface area contributed by atoms with Gasteiger partial charge in [0.2, 0.25) is 5.91 Å². The van der Waals surface area contributed by atoms with Crippen LogP contribution in [0.15, 0.2) is 42.5 Å². The van der Waals surface area contributed by atoms with Gasteiger partial charge < -0.3 is 15.0 Å². The van der Waals surface area contributed by atoms with Crippen molar-refractivity contribution in [2.45, 2.75) is 13.2 Å². The maximum Gasteiger partial charge on any atom is 0.244 e. The highest BCUT2D eigenvalue weighted by molar-refractivity contribution is 6.35. The van der Waals surface area contributed by atoms with Crippen LogP contribution in [0.4, 0.5) is 5.69 Å². The van der Waals surface area contributed by atoms with Gasteiger partial charge in [-0.1, -0.05) is 35.3 Å². The molecule has 118 valence electrons. The van der Waals surface area contributed by atoms with Gasteiger partial charge in [-0.05, 0) is 30.3 Å². The third-order valence-corrected chi connectivity index (χ3v) is 3.76. The molecule has 0 saturated heterocycles. The number of imidazole rings is 1. The normalized spacial score (nSPS) is 10.9. The van der Waals surface area contributed by atoms with Crippen LogP contribution in [-0.4, -0.2) is 20.6 Å². The second-order valence-corrected chi connectivity index (χ2v) is 5.84. The van der Waals surface area contributed by atoms with Crippen molar-refractivity contribution < 1.29 is 9.90 Å². The summed E-state index contributed by atoms with van der Waals surface area (Å²) in [6, 6.07) is 12.2. The summed E-state index contributed by atoms with van der Waals surface area (Å²) >= 11 is 11.8. The number of rotatable bonds is 4. The minimum absolute atomic E-state index is 0.0283. The Labute approximate surface area is 142 Å². The molecule has 5 nitrogen and oxygen atoms in total. The quantitative estimate of drug-likeness (QED) is 0.757. The average Bonchev–Trinajstić information content (AvgIpc) is 2.84. The van der Waals surface area contributed by atoms with Crippen LogP contribution >= 0.6 is 23.2 Å². The van der Waals surface area contributed by atoms with Crippen molar-refractivity contribution in [2.24, 2.45) is 0 Å². The SMILES string of the molecule is O=C(Cn1c(CO)nc2ccccc21)Nc1cc(Cl)cc(Cl)c1. The summed E-state index contributed by atoms with van der Waals surface area (Å²) in [5.41, 5.74) is 2.04. The van der Waals surface area contributed by atoms with Gasteiger partial charge in [-0.15, -0.1) is 0 Å². The summed E-state index contributed by atoms with van der Waals surface area (Å²) in [4.78, 5) is 16.6. The molecule has 1 heterocycles. The van der Waals surface area contributed by atoms with E-state index in [2.05, 4.69) is 10.3 Å². The van der Waals surface area contributed by atoms with E-state index < -0.39 is 0 Å². The first-order valence-corrected chi connectivity index (χ1v) is 7.63. The third kappa shape index (κ3) is 3.47. The van der Waals surface area contributed by atoms with Crippen LogP contribution in [0.2, 0.25) is 10.0 Å². The van der Waals surface area contributed by atoms with Crippen LogP contribution in [0.5, 0.6) is 0 Å². The lowest BCUT2D eigenvalue weighted by Crippen LogP contribution is -2.20. The van der Waals surface area contributed by atoms with Crippen LogP contribution in [0, 0.1) is 0 Å². The molecule has 0 atom stereocenters. The van der Waals surface area contributed by atoms with Crippen LogP contribution in [0.3, 0.4) is 0 Å². The minimum Gasteiger partial charge on any atom is -0.388 e. The number of para-hydroxylation sites is 2. The largest absolute Gasteiger partial charge is 0.388 e. The molecule has 0 bridgehead atoms. The molecule has 0 aliphatic carbocycles. The number of fused-ring (bicyclic) bond motifs is 1. The van der Waals surface area contributed by atoms with Gasteiger partial charge in [0.05, 0.1) is 11.0 Å². The molecular weight excluding hydrogens is 337 g/mol. The highest BCUT2D eigenvalue weighted by atomic mass is 35.5. The van der Waals surface area contributed by atoms with Gasteiger partial charge in [0.15, 0.2) is 0 Å². The number of aromatic nitrogens is 2. The molecule has 0 saturated carbocycles. The number of aliphatic hydroxyl groups excluding tert-OH is 1. The van der Waals surface area contributed by atoms with E-state index in [1.54, 1.807) is 22.8 Å². The third-order valence-electron chi connectivity index (χ3n) is 3.32. The van der Waals surface area contributed by atoms with E-state index in [9.17, 15) is 9.90 Å². The Kier molecular flexibility index (Phi) is 4.52. The molecule has 0 fully saturated rings. The lowest BCUT2D eigenvalue weighted by atomic mass is 10.3. The topological polar surface area (TPSA) is 67.2 Å². The maximum absolute atomic E-state index is 12.3. The molecule has 0 unspecified atom stereocenters. The van der Waals surface area contributed by atoms with E-state index in [1.807, 2.05) is 24.3 Å². The number of anilines is 1. The van der Waals surface area contributed by atoms with Crippen molar-refractivity contribution >= 4 is 45.8 Å². The van der Waals surface area contributed by atoms with Crippen LogP contribution in [0.25, 0.3) is 11.0 Å². The molecule has 0 aliphatic heterocycles. The van der Waals surface area contributed by atoms with Crippen molar-refractivity contribution in [3.63, 3.8) is 0 Å². The van der Waals surface area contributed by atoms with E-state index in [1.165, 1.54) is 0 Å². The van der Waals surface area contributed by atoms with Crippen LogP contribution < -0.4 is 5.32 Å². The second-order valence-electron chi connectivity index (χ2n) is 4.97. The fraction of sp³-hybridized carbons (Fsp3) is 0.125. The number of aliphatic hydroxyl groups is 1. The summed E-state index contributed by atoms with van der Waals surface area (Å²) in [7, 11) is 0. The smallest absolute Gasteiger partial charge is 0.244 e. The number of hydrogen-bond donors (Lipinski definition) is 2. The molecule has 1 amide bonds. The number of hydrogen-bond acceptors (Lipinski definition) is 3. The molecule has 2 N–H and O–H groups in total. The van der Waals surface area contributed by atoms with Gasteiger partial charge in [-0.25, -0.2) is 4.98 Å². The number of nitrogens with zero attached hydrogens (tertiary/aromatic N) is 2. The first-order chi connectivity index (χ1) is 11.1. The van der Waals surface area contributed by atoms with Gasteiger partial charge in [-0.3, -0.25) is 4.79 Å². The van der Waals surface area contributed by atoms with E-state index in [-0.39, 0.29) is 19.1 Å². The summed E-state index contributed by atoms with van der Waals surface area (Å²) in [5.74, 6) is 0.173. The Morgan fingerprint density at radius 1 is 1.17 bits per heavy atom. The van der Waals surface area contributed by atoms with Gasteiger partial charge in [0.25, 0.3) is 0 Å². The Hall–Kier alpha value is -2.08. The van der Waals surface area contributed by atoms with Crippen LogP contribution in [0.1, 0.15) is 5.82 Å². The number of halogens is 2. The molecule has 3 rings (SSSR count). The molecule has 23 heavy (non-hydrogen) atoms. The van der Waals surface area contributed by atoms with Gasteiger partial charge in [0, 0.05) is 15.7 Å². The molecule has 7 heteroatoms. The summed E-state index contributed by atoms with van der Waals surface area (Å²) in [6.07, 6.45) is 0. The Morgan fingerprint density at radius 2 is 1.87 bits per heavy atom. The van der Waals surface area contributed by atoms with Crippen molar-refractivity contribution in [2.75, 3.05) is 5.32 Å². The molecule has 1 aromatic heterocycles. The molecule has 2 aromatic carbocycles. The highest BCUT2D eigenvalue weighted by Gasteiger charge is 2.13. The van der Waals surface area contributed by atoms with E-state index >= 15 is 0 Å². The first kappa shape index (κ1) is 15.8. The predicted molar refractivity (Wildman–Crippen MR) is 90.7 cm³/mol. The Morgan fingerprint density at radius 3 is 2.57 bits per heavy atom. The van der Waals surface area contributed by atoms with E-state index in [4.69, 9.17) is 23.2 Å². The minimum atomic E-state index is -0.263. The predicted octanol–water partition coefficient (Wildman–Crippen LogP) is 3.47. The summed E-state index contributed by atoms with van der Waals surface area (Å²) in [6.45, 7) is -0.217. The zero-order valence-corrected chi connectivity index (χ0v) is 13.5. The lowest BCUT2D eigenvalue weighted by molar-refractivity contribution is -0.116. The molecular formula is C16H13Cl2N3O2. The zero-order chi connectivity index (χ0) is 16.4. The van der Waals surface area contributed by atoms with Gasteiger partial charge >= 0.3 is 0 Å². The number of amides is 1. The monoisotopic (exact) mass is 349 g/mol. The number of carbonyl (C=O) groups is 1. The van der Waals surface area contributed by atoms with Crippen molar-refractivity contribution in [1.29, 1.82) is 0 Å². The molecule has 0 aliphatic rings. The average molecular weight is 350 g/mol.